The van der Waals surface area contributed by atoms with Crippen molar-refractivity contribution >= 4 is 0 Å². The van der Waals surface area contributed by atoms with Gasteiger partial charge in [-0.2, -0.15) is 0 Å². The molecule has 1 atom stereocenters. The van der Waals surface area contributed by atoms with Crippen molar-refractivity contribution < 1.29 is 4.74 Å². The summed E-state index contributed by atoms with van der Waals surface area (Å²) in [5.41, 5.74) is 8.42. The number of allylic oxidation sites excluding steroid dienone is 1. The lowest BCUT2D eigenvalue weighted by Gasteiger charge is -2.13. The molecule has 0 aliphatic heterocycles. The van der Waals surface area contributed by atoms with Crippen LogP contribution in [-0.2, 0) is 6.61 Å². The highest BCUT2D eigenvalue weighted by atomic mass is 16.5. The molecule has 2 rings (SSSR count). The van der Waals surface area contributed by atoms with Crippen LogP contribution in [0.15, 0.2) is 67.3 Å². The quantitative estimate of drug-likeness (QED) is 0.762. The smallest absolute Gasteiger partial charge is 0.120 e. The van der Waals surface area contributed by atoms with Crippen molar-refractivity contribution in [1.82, 2.24) is 0 Å². The molecule has 0 aromatic heterocycles. The number of rotatable bonds is 7. The van der Waals surface area contributed by atoms with Crippen LogP contribution in [0.25, 0.3) is 0 Å². The van der Waals surface area contributed by atoms with Crippen LogP contribution in [0.3, 0.4) is 0 Å². The zero-order valence-corrected chi connectivity index (χ0v) is 11.7. The second-order valence-corrected chi connectivity index (χ2v) is 4.82. The average molecular weight is 267 g/mol. The first-order valence-corrected chi connectivity index (χ1v) is 6.93. The van der Waals surface area contributed by atoms with Crippen LogP contribution >= 0.6 is 0 Å². The molecule has 0 heterocycles. The highest BCUT2D eigenvalue weighted by Gasteiger charge is 2.06. The molecule has 0 bridgehead atoms. The van der Waals surface area contributed by atoms with Crippen molar-refractivity contribution in [3.05, 3.63) is 78.4 Å². The third-order valence-corrected chi connectivity index (χ3v) is 3.22. The van der Waals surface area contributed by atoms with Gasteiger partial charge in [0.2, 0.25) is 0 Å². The van der Waals surface area contributed by atoms with E-state index < -0.39 is 0 Å². The van der Waals surface area contributed by atoms with Crippen molar-refractivity contribution in [2.24, 2.45) is 5.73 Å². The summed E-state index contributed by atoms with van der Waals surface area (Å²) in [6.07, 6.45) is 3.73. The van der Waals surface area contributed by atoms with E-state index in [4.69, 9.17) is 10.5 Å². The summed E-state index contributed by atoms with van der Waals surface area (Å²) in [5, 5.41) is 0. The normalized spacial score (nSPS) is 11.8. The minimum Gasteiger partial charge on any atom is -0.489 e. The number of nitrogens with two attached hydrogens (primary N) is 1. The highest BCUT2D eigenvalue weighted by Crippen LogP contribution is 2.21. The molecule has 0 aliphatic rings. The number of hydrogen-bond donors (Lipinski definition) is 1. The largest absolute Gasteiger partial charge is 0.489 e. The standard InChI is InChI=1S/C18H21NO/c1-2-3-12-18(19)16-10-7-11-17(13-16)20-14-15-8-5-4-6-9-15/h2,4-11,13,18H,1,3,12,14,19H2/t18-/m1/s1. The molecule has 2 nitrogen and oxygen atoms in total. The lowest BCUT2D eigenvalue weighted by Crippen LogP contribution is -2.09. The van der Waals surface area contributed by atoms with Crippen LogP contribution in [-0.4, -0.2) is 0 Å². The topological polar surface area (TPSA) is 35.2 Å². The van der Waals surface area contributed by atoms with E-state index in [-0.39, 0.29) is 6.04 Å². The first kappa shape index (κ1) is 14.4. The second-order valence-electron chi connectivity index (χ2n) is 4.82. The SMILES string of the molecule is C=CCC[C@@H](N)c1cccc(OCc2ccccc2)c1. The summed E-state index contributed by atoms with van der Waals surface area (Å²) in [5.74, 6) is 0.861. The van der Waals surface area contributed by atoms with Crippen molar-refractivity contribution in [3.8, 4) is 5.75 Å². The fourth-order valence-corrected chi connectivity index (χ4v) is 2.04. The molecule has 0 saturated carbocycles. The monoisotopic (exact) mass is 267 g/mol. The predicted molar refractivity (Wildman–Crippen MR) is 83.6 cm³/mol. The summed E-state index contributed by atoms with van der Waals surface area (Å²) in [6.45, 7) is 4.30. The third kappa shape index (κ3) is 4.25. The zero-order chi connectivity index (χ0) is 14.2. The van der Waals surface area contributed by atoms with Gasteiger partial charge in [0.15, 0.2) is 0 Å². The van der Waals surface area contributed by atoms with Gasteiger partial charge in [0.1, 0.15) is 12.4 Å². The predicted octanol–water partition coefficient (Wildman–Crippen LogP) is 4.23. The highest BCUT2D eigenvalue weighted by molar-refractivity contribution is 5.30. The Morgan fingerprint density at radius 3 is 2.65 bits per heavy atom. The Morgan fingerprint density at radius 2 is 1.90 bits per heavy atom. The van der Waals surface area contributed by atoms with Gasteiger partial charge in [-0.05, 0) is 36.1 Å². The Morgan fingerprint density at radius 1 is 1.10 bits per heavy atom. The molecule has 0 fully saturated rings. The van der Waals surface area contributed by atoms with Crippen molar-refractivity contribution in [1.29, 1.82) is 0 Å². The molecule has 0 radical (unpaired) electrons. The van der Waals surface area contributed by atoms with Crippen LogP contribution in [0.4, 0.5) is 0 Å². The summed E-state index contributed by atoms with van der Waals surface area (Å²) < 4.78 is 5.81. The minimum atomic E-state index is 0.0354. The summed E-state index contributed by atoms with van der Waals surface area (Å²) >= 11 is 0. The Balaban J connectivity index is 1.97. The molecule has 104 valence electrons. The lowest BCUT2D eigenvalue weighted by molar-refractivity contribution is 0.305. The van der Waals surface area contributed by atoms with Crippen molar-refractivity contribution in [2.75, 3.05) is 0 Å². The van der Waals surface area contributed by atoms with E-state index in [9.17, 15) is 0 Å². The van der Waals surface area contributed by atoms with E-state index in [1.54, 1.807) is 0 Å². The van der Waals surface area contributed by atoms with Gasteiger partial charge in [-0.25, -0.2) is 0 Å². The molecule has 0 aliphatic carbocycles. The molecule has 0 saturated heterocycles. The zero-order valence-electron chi connectivity index (χ0n) is 11.7. The maximum Gasteiger partial charge on any atom is 0.120 e. The van der Waals surface area contributed by atoms with Gasteiger partial charge >= 0.3 is 0 Å². The molecule has 2 aromatic carbocycles. The van der Waals surface area contributed by atoms with E-state index in [1.807, 2.05) is 48.5 Å². The maximum absolute atomic E-state index is 6.15. The van der Waals surface area contributed by atoms with Crippen LogP contribution in [0.5, 0.6) is 5.75 Å². The van der Waals surface area contributed by atoms with Crippen molar-refractivity contribution in [2.45, 2.75) is 25.5 Å². The molecule has 0 spiro atoms. The summed E-state index contributed by atoms with van der Waals surface area (Å²) in [4.78, 5) is 0. The molecule has 20 heavy (non-hydrogen) atoms. The lowest BCUT2D eigenvalue weighted by atomic mass is 10.0. The Kier molecular flexibility index (Phi) is 5.39. The van der Waals surface area contributed by atoms with Crippen LogP contribution in [0.2, 0.25) is 0 Å². The molecule has 2 heteroatoms. The van der Waals surface area contributed by atoms with Crippen LogP contribution in [0, 0.1) is 0 Å². The fourth-order valence-electron chi connectivity index (χ4n) is 2.04. The third-order valence-electron chi connectivity index (χ3n) is 3.22. The number of hydrogen-bond acceptors (Lipinski definition) is 2. The summed E-state index contributed by atoms with van der Waals surface area (Å²) in [6, 6.07) is 18.2. The number of benzene rings is 2. The Hall–Kier alpha value is -2.06. The Bertz CT molecular complexity index is 536. The second kappa shape index (κ2) is 7.51. The van der Waals surface area contributed by atoms with E-state index >= 15 is 0 Å². The van der Waals surface area contributed by atoms with Gasteiger partial charge in [0.05, 0.1) is 0 Å². The molecule has 0 amide bonds. The maximum atomic E-state index is 6.15. The van der Waals surface area contributed by atoms with Gasteiger partial charge in [0, 0.05) is 6.04 Å². The number of ether oxygens (including phenoxy) is 1. The first-order valence-electron chi connectivity index (χ1n) is 6.93. The molecule has 2 N–H and O–H groups in total. The Labute approximate surface area is 120 Å². The molecule has 0 unspecified atom stereocenters. The van der Waals surface area contributed by atoms with Crippen LogP contribution < -0.4 is 10.5 Å². The van der Waals surface area contributed by atoms with Gasteiger partial charge in [-0.1, -0.05) is 48.5 Å². The van der Waals surface area contributed by atoms with E-state index in [0.29, 0.717) is 6.61 Å². The van der Waals surface area contributed by atoms with Gasteiger partial charge in [-0.3, -0.25) is 0 Å². The van der Waals surface area contributed by atoms with Gasteiger partial charge in [0.25, 0.3) is 0 Å². The van der Waals surface area contributed by atoms with Gasteiger partial charge < -0.3 is 10.5 Å². The molecular weight excluding hydrogens is 246 g/mol. The summed E-state index contributed by atoms with van der Waals surface area (Å²) in [7, 11) is 0. The van der Waals surface area contributed by atoms with E-state index in [1.165, 1.54) is 0 Å². The fraction of sp³-hybridized carbons (Fsp3) is 0.222. The van der Waals surface area contributed by atoms with E-state index in [0.717, 1.165) is 29.7 Å². The van der Waals surface area contributed by atoms with Crippen molar-refractivity contribution in [3.63, 3.8) is 0 Å². The van der Waals surface area contributed by atoms with Crippen LogP contribution in [0.1, 0.15) is 30.0 Å². The van der Waals surface area contributed by atoms with Gasteiger partial charge in [-0.15, -0.1) is 6.58 Å². The van der Waals surface area contributed by atoms with E-state index in [2.05, 4.69) is 18.7 Å². The molecular formula is C18H21NO. The first-order chi connectivity index (χ1) is 9.79. The average Bonchev–Trinajstić information content (AvgIpc) is 2.52. The molecule has 2 aromatic rings. The minimum absolute atomic E-state index is 0.0354.